The maximum atomic E-state index is 6.07. The lowest BCUT2D eigenvalue weighted by Gasteiger charge is -2.20. The van der Waals surface area contributed by atoms with Gasteiger partial charge in [0.2, 0.25) is 0 Å². The predicted octanol–water partition coefficient (Wildman–Crippen LogP) is 2.19. The lowest BCUT2D eigenvalue weighted by molar-refractivity contribution is 0.503. The van der Waals surface area contributed by atoms with Gasteiger partial charge in [0.15, 0.2) is 0 Å². The second kappa shape index (κ2) is 3.79. The van der Waals surface area contributed by atoms with Gasteiger partial charge < -0.3 is 10.3 Å². The molecule has 15 heavy (non-hydrogen) atoms. The van der Waals surface area contributed by atoms with E-state index in [0.29, 0.717) is 0 Å². The van der Waals surface area contributed by atoms with Gasteiger partial charge in [-0.25, -0.2) is 4.98 Å². The van der Waals surface area contributed by atoms with Gasteiger partial charge in [-0.05, 0) is 36.2 Å². The zero-order chi connectivity index (χ0) is 10.9. The van der Waals surface area contributed by atoms with Gasteiger partial charge in [-0.1, -0.05) is 0 Å². The van der Waals surface area contributed by atoms with Gasteiger partial charge in [-0.2, -0.15) is 11.3 Å². The fourth-order valence-electron chi connectivity index (χ4n) is 1.56. The molecular formula is C11H15N3S. The van der Waals surface area contributed by atoms with Gasteiger partial charge >= 0.3 is 0 Å². The quantitative estimate of drug-likeness (QED) is 0.863. The van der Waals surface area contributed by atoms with Crippen LogP contribution in [0.15, 0.2) is 29.4 Å². The summed E-state index contributed by atoms with van der Waals surface area (Å²) in [5, 5.41) is 4.23. The number of nitrogens with two attached hydrogens (primary N) is 1. The molecule has 0 saturated carbocycles. The Hall–Kier alpha value is -1.13. The van der Waals surface area contributed by atoms with E-state index in [9.17, 15) is 0 Å². The fraction of sp³-hybridized carbons (Fsp3) is 0.364. The number of nitrogens with zero attached hydrogens (tertiary/aromatic N) is 2. The van der Waals surface area contributed by atoms with Crippen molar-refractivity contribution in [2.24, 2.45) is 5.73 Å². The van der Waals surface area contributed by atoms with Gasteiger partial charge in [-0.3, -0.25) is 0 Å². The van der Waals surface area contributed by atoms with Crippen LogP contribution in [0.4, 0.5) is 0 Å². The van der Waals surface area contributed by atoms with Crippen LogP contribution in [0, 0.1) is 0 Å². The van der Waals surface area contributed by atoms with E-state index in [1.807, 2.05) is 26.4 Å². The standard InChI is InChI=1S/C11H15N3S/c1-11(2,12)10-5-13-8-14(10)6-9-3-4-15-7-9/h3-5,7-8H,6,12H2,1-2H3. The molecule has 80 valence electrons. The van der Waals surface area contributed by atoms with Crippen molar-refractivity contribution >= 4 is 11.3 Å². The Morgan fingerprint density at radius 1 is 1.53 bits per heavy atom. The molecule has 0 radical (unpaired) electrons. The molecule has 2 rings (SSSR count). The Morgan fingerprint density at radius 2 is 2.33 bits per heavy atom. The highest BCUT2D eigenvalue weighted by Crippen LogP contribution is 2.18. The summed E-state index contributed by atoms with van der Waals surface area (Å²) in [6, 6.07) is 2.12. The van der Waals surface area contributed by atoms with Gasteiger partial charge in [-0.15, -0.1) is 0 Å². The lowest BCUT2D eigenvalue weighted by atomic mass is 10.0. The molecule has 0 aliphatic heterocycles. The summed E-state index contributed by atoms with van der Waals surface area (Å²) in [5.41, 5.74) is 8.09. The smallest absolute Gasteiger partial charge is 0.0951 e. The van der Waals surface area contributed by atoms with Crippen molar-refractivity contribution in [2.75, 3.05) is 0 Å². The van der Waals surface area contributed by atoms with Crippen LogP contribution in [-0.2, 0) is 12.1 Å². The molecule has 0 amide bonds. The molecule has 3 nitrogen and oxygen atoms in total. The van der Waals surface area contributed by atoms with Crippen LogP contribution in [0.5, 0.6) is 0 Å². The van der Waals surface area contributed by atoms with E-state index in [0.717, 1.165) is 12.2 Å². The molecule has 2 aromatic rings. The minimum atomic E-state index is -0.341. The van der Waals surface area contributed by atoms with E-state index in [-0.39, 0.29) is 5.54 Å². The van der Waals surface area contributed by atoms with E-state index < -0.39 is 0 Å². The SMILES string of the molecule is CC(C)(N)c1cncn1Cc1ccsc1. The molecule has 0 spiro atoms. The molecule has 0 bridgehead atoms. The largest absolute Gasteiger partial charge is 0.328 e. The van der Waals surface area contributed by atoms with Crippen molar-refractivity contribution in [1.29, 1.82) is 0 Å². The average molecular weight is 221 g/mol. The van der Waals surface area contributed by atoms with Crippen LogP contribution in [-0.4, -0.2) is 9.55 Å². The van der Waals surface area contributed by atoms with E-state index in [2.05, 4.69) is 26.4 Å². The Balaban J connectivity index is 2.26. The van der Waals surface area contributed by atoms with Crippen molar-refractivity contribution in [3.05, 3.63) is 40.6 Å². The molecule has 0 saturated heterocycles. The van der Waals surface area contributed by atoms with E-state index in [4.69, 9.17) is 5.73 Å². The summed E-state index contributed by atoms with van der Waals surface area (Å²) in [5.74, 6) is 0. The average Bonchev–Trinajstić information content (AvgIpc) is 2.73. The zero-order valence-electron chi connectivity index (χ0n) is 8.97. The number of imidazole rings is 1. The highest BCUT2D eigenvalue weighted by Gasteiger charge is 2.18. The molecule has 0 aliphatic rings. The highest BCUT2D eigenvalue weighted by atomic mass is 32.1. The summed E-state index contributed by atoms with van der Waals surface area (Å²) >= 11 is 1.71. The maximum Gasteiger partial charge on any atom is 0.0951 e. The molecule has 2 N–H and O–H groups in total. The molecule has 0 aliphatic carbocycles. The van der Waals surface area contributed by atoms with Crippen molar-refractivity contribution in [3.63, 3.8) is 0 Å². The number of thiophene rings is 1. The van der Waals surface area contributed by atoms with Gasteiger partial charge in [0, 0.05) is 12.7 Å². The number of hydrogen-bond donors (Lipinski definition) is 1. The first-order chi connectivity index (χ1) is 7.07. The van der Waals surface area contributed by atoms with Crippen molar-refractivity contribution in [3.8, 4) is 0 Å². The van der Waals surface area contributed by atoms with Crippen LogP contribution < -0.4 is 5.73 Å². The van der Waals surface area contributed by atoms with Gasteiger partial charge in [0.1, 0.15) is 0 Å². The molecule has 4 heteroatoms. The summed E-state index contributed by atoms with van der Waals surface area (Å²) in [6.07, 6.45) is 3.67. The third-order valence-corrected chi connectivity index (χ3v) is 3.04. The van der Waals surface area contributed by atoms with E-state index in [1.54, 1.807) is 11.3 Å². The summed E-state index contributed by atoms with van der Waals surface area (Å²) < 4.78 is 2.10. The summed E-state index contributed by atoms with van der Waals surface area (Å²) in [6.45, 7) is 4.84. The first-order valence-corrected chi connectivity index (χ1v) is 5.82. The first kappa shape index (κ1) is 10.4. The number of aromatic nitrogens is 2. The van der Waals surface area contributed by atoms with E-state index >= 15 is 0 Å². The van der Waals surface area contributed by atoms with Crippen molar-refractivity contribution < 1.29 is 0 Å². The Kier molecular flexibility index (Phi) is 2.63. The predicted molar refractivity (Wildman–Crippen MR) is 62.9 cm³/mol. The van der Waals surface area contributed by atoms with Gasteiger partial charge in [0.25, 0.3) is 0 Å². The van der Waals surface area contributed by atoms with Crippen molar-refractivity contribution in [2.45, 2.75) is 25.9 Å². The lowest BCUT2D eigenvalue weighted by Crippen LogP contribution is -2.31. The van der Waals surface area contributed by atoms with Crippen LogP contribution >= 0.6 is 11.3 Å². The molecule has 0 unspecified atom stereocenters. The Morgan fingerprint density at radius 3 is 2.93 bits per heavy atom. The van der Waals surface area contributed by atoms with Crippen LogP contribution in [0.1, 0.15) is 25.1 Å². The summed E-state index contributed by atoms with van der Waals surface area (Å²) in [7, 11) is 0. The van der Waals surface area contributed by atoms with Crippen LogP contribution in [0.25, 0.3) is 0 Å². The summed E-state index contributed by atoms with van der Waals surface area (Å²) in [4.78, 5) is 4.16. The zero-order valence-corrected chi connectivity index (χ0v) is 9.79. The molecule has 2 heterocycles. The minimum Gasteiger partial charge on any atom is -0.328 e. The Bertz CT molecular complexity index is 423. The van der Waals surface area contributed by atoms with Crippen molar-refractivity contribution in [1.82, 2.24) is 9.55 Å². The van der Waals surface area contributed by atoms with Crippen LogP contribution in [0.2, 0.25) is 0 Å². The first-order valence-electron chi connectivity index (χ1n) is 4.88. The highest BCUT2D eigenvalue weighted by molar-refractivity contribution is 7.07. The molecule has 0 aromatic carbocycles. The van der Waals surface area contributed by atoms with Crippen LogP contribution in [0.3, 0.4) is 0 Å². The fourth-order valence-corrected chi connectivity index (χ4v) is 2.22. The second-order valence-electron chi connectivity index (χ2n) is 4.26. The van der Waals surface area contributed by atoms with Gasteiger partial charge in [0.05, 0.1) is 17.6 Å². The van der Waals surface area contributed by atoms with E-state index in [1.165, 1.54) is 5.56 Å². The normalized spacial score (nSPS) is 11.9. The Labute approximate surface area is 93.6 Å². The molecule has 0 atom stereocenters. The third-order valence-electron chi connectivity index (χ3n) is 2.31. The number of hydrogen-bond acceptors (Lipinski definition) is 3. The molecular weight excluding hydrogens is 206 g/mol. The maximum absolute atomic E-state index is 6.07. The number of rotatable bonds is 3. The molecule has 0 fully saturated rings. The third kappa shape index (κ3) is 2.27. The topological polar surface area (TPSA) is 43.8 Å². The minimum absolute atomic E-state index is 0.341. The second-order valence-corrected chi connectivity index (χ2v) is 5.04. The monoisotopic (exact) mass is 221 g/mol. The molecule has 2 aromatic heterocycles.